The summed E-state index contributed by atoms with van der Waals surface area (Å²) in [4.78, 5) is 21.4. The third kappa shape index (κ3) is 7.12. The number of rotatable bonds is 7. The molecule has 3 rings (SSSR count). The van der Waals surface area contributed by atoms with E-state index in [1.165, 1.54) is 25.5 Å². The molecule has 2 aromatic carbocycles. The molecule has 0 aliphatic carbocycles. The number of halogens is 11. The Morgan fingerprint density at radius 1 is 0.900 bits per heavy atom. The van der Waals surface area contributed by atoms with Crippen LogP contribution in [-0.2, 0) is 12.4 Å². The second-order valence-corrected chi connectivity index (χ2v) is 8.36. The number of benzene rings is 2. The van der Waals surface area contributed by atoms with Gasteiger partial charge >= 0.3 is 18.5 Å². The molecule has 0 aliphatic heterocycles. The maximum atomic E-state index is 14.9. The van der Waals surface area contributed by atoms with Gasteiger partial charge in [0.05, 0.1) is 17.7 Å². The van der Waals surface area contributed by atoms with Crippen molar-refractivity contribution in [3.8, 4) is 0 Å². The molecule has 1 atom stereocenters. The van der Waals surface area contributed by atoms with E-state index in [4.69, 9.17) is 0 Å². The first-order valence-electron chi connectivity index (χ1n) is 10.9. The van der Waals surface area contributed by atoms with Crippen LogP contribution in [0.1, 0.15) is 38.5 Å². The molecule has 0 amide bonds. The molecule has 40 heavy (non-hydrogen) atoms. The molecule has 0 aliphatic rings. The van der Waals surface area contributed by atoms with Crippen LogP contribution in [-0.4, -0.2) is 35.5 Å². The van der Waals surface area contributed by atoms with Crippen LogP contribution in [0.4, 0.5) is 54.2 Å². The van der Waals surface area contributed by atoms with Crippen molar-refractivity contribution < 1.29 is 53.1 Å². The SMILES string of the molecule is CN(CC(=O)c1ccc(/C(F)=C/C(c2ccc(F)c(C(F)(F)F)c2)C(F)(F)F)cc1C(F)(F)F)c1ncccn1. The molecular weight excluding hydrogens is 567 g/mol. The first-order chi connectivity index (χ1) is 18.4. The first-order valence-corrected chi connectivity index (χ1v) is 10.9. The van der Waals surface area contributed by atoms with Crippen LogP contribution >= 0.6 is 0 Å². The molecule has 214 valence electrons. The highest BCUT2D eigenvalue weighted by Gasteiger charge is 2.42. The summed E-state index contributed by atoms with van der Waals surface area (Å²) in [5.41, 5.74) is -6.86. The van der Waals surface area contributed by atoms with Crippen molar-refractivity contribution in [2.24, 2.45) is 0 Å². The topological polar surface area (TPSA) is 46.1 Å². The van der Waals surface area contributed by atoms with E-state index in [1.54, 1.807) is 0 Å². The van der Waals surface area contributed by atoms with Crippen molar-refractivity contribution in [1.29, 1.82) is 0 Å². The number of hydrogen-bond donors (Lipinski definition) is 0. The highest BCUT2D eigenvalue weighted by Crippen LogP contribution is 2.42. The Labute approximate surface area is 218 Å². The number of hydrogen-bond acceptors (Lipinski definition) is 4. The predicted molar refractivity (Wildman–Crippen MR) is 120 cm³/mol. The van der Waals surface area contributed by atoms with E-state index in [2.05, 4.69) is 9.97 Å². The number of Topliss-reactive ketones (excluding diaryl/α,β-unsaturated/α-hetero) is 1. The fraction of sp³-hybridized carbons (Fsp3) is 0.240. The number of allylic oxidation sites excluding steroid dienone is 1. The second-order valence-electron chi connectivity index (χ2n) is 8.36. The van der Waals surface area contributed by atoms with Crippen molar-refractivity contribution >= 4 is 17.6 Å². The Kier molecular flexibility index (Phi) is 8.55. The number of carbonyl (C=O) groups excluding carboxylic acids is 1. The summed E-state index contributed by atoms with van der Waals surface area (Å²) >= 11 is 0. The average molecular weight is 583 g/mol. The largest absolute Gasteiger partial charge is 0.419 e. The van der Waals surface area contributed by atoms with Crippen LogP contribution in [0.3, 0.4) is 0 Å². The lowest BCUT2D eigenvalue weighted by Crippen LogP contribution is -2.28. The zero-order valence-corrected chi connectivity index (χ0v) is 20.0. The molecular formula is C25H16F11N3O. The van der Waals surface area contributed by atoms with Crippen molar-refractivity contribution in [2.75, 3.05) is 18.5 Å². The van der Waals surface area contributed by atoms with Crippen LogP contribution in [0.25, 0.3) is 5.83 Å². The van der Waals surface area contributed by atoms with E-state index in [9.17, 15) is 53.1 Å². The molecule has 1 unspecified atom stereocenters. The third-order valence-electron chi connectivity index (χ3n) is 5.50. The summed E-state index contributed by atoms with van der Waals surface area (Å²) in [6, 6.07) is 3.05. The summed E-state index contributed by atoms with van der Waals surface area (Å²) in [6.07, 6.45) is -13.6. The van der Waals surface area contributed by atoms with E-state index in [-0.39, 0.29) is 30.2 Å². The maximum absolute atomic E-state index is 14.9. The van der Waals surface area contributed by atoms with Crippen LogP contribution in [0.2, 0.25) is 0 Å². The number of carbonyl (C=O) groups is 1. The minimum atomic E-state index is -5.41. The average Bonchev–Trinajstić information content (AvgIpc) is 2.85. The van der Waals surface area contributed by atoms with Gasteiger partial charge in [0.15, 0.2) is 5.78 Å². The van der Waals surface area contributed by atoms with Crippen molar-refractivity contribution in [3.05, 3.63) is 94.6 Å². The Morgan fingerprint density at radius 2 is 1.50 bits per heavy atom. The van der Waals surface area contributed by atoms with Gasteiger partial charge in [-0.1, -0.05) is 18.2 Å². The minimum absolute atomic E-state index is 0.00247. The van der Waals surface area contributed by atoms with Gasteiger partial charge in [-0.2, -0.15) is 39.5 Å². The lowest BCUT2D eigenvalue weighted by molar-refractivity contribution is -0.143. The van der Waals surface area contributed by atoms with E-state index in [0.29, 0.717) is 18.2 Å². The second kappa shape index (κ2) is 11.2. The summed E-state index contributed by atoms with van der Waals surface area (Å²) < 4.78 is 150. The van der Waals surface area contributed by atoms with Crippen molar-refractivity contribution in [1.82, 2.24) is 9.97 Å². The molecule has 0 bridgehead atoms. The Morgan fingerprint density at radius 3 is 2.05 bits per heavy atom. The standard InChI is InChI=1S/C25H16F11N3O/c1-39(22-37-7-2-8-38-22)12-21(40)15-5-3-14(10-17(15)24(31,32)33)20(27)11-16(23(28,29)30)13-4-6-19(26)18(9-13)25(34,35)36/h2-11,16H,12H2,1H3/b20-11-. The van der Waals surface area contributed by atoms with Crippen LogP contribution in [0.15, 0.2) is 60.9 Å². The molecule has 1 aromatic heterocycles. The predicted octanol–water partition coefficient (Wildman–Crippen LogP) is 7.63. The van der Waals surface area contributed by atoms with Gasteiger partial charge in [0, 0.05) is 30.6 Å². The molecule has 0 saturated carbocycles. The van der Waals surface area contributed by atoms with Crippen LogP contribution < -0.4 is 4.90 Å². The summed E-state index contributed by atoms with van der Waals surface area (Å²) in [5, 5.41) is 0. The lowest BCUT2D eigenvalue weighted by Gasteiger charge is -2.20. The van der Waals surface area contributed by atoms with E-state index in [0.717, 1.165) is 4.90 Å². The van der Waals surface area contributed by atoms with Crippen molar-refractivity contribution in [2.45, 2.75) is 24.4 Å². The zero-order chi connectivity index (χ0) is 30.0. The molecule has 1 heterocycles. The normalized spacial score (nSPS) is 13.8. The summed E-state index contributed by atoms with van der Waals surface area (Å²) in [5.74, 6) is -7.93. The third-order valence-corrected chi connectivity index (χ3v) is 5.50. The highest BCUT2D eigenvalue weighted by molar-refractivity contribution is 6.00. The number of alkyl halides is 9. The Hall–Kier alpha value is -4.04. The van der Waals surface area contributed by atoms with E-state index < -0.39 is 76.2 Å². The fourth-order valence-corrected chi connectivity index (χ4v) is 3.61. The van der Waals surface area contributed by atoms with Gasteiger partial charge in [-0.15, -0.1) is 0 Å². The number of aromatic nitrogens is 2. The Bertz CT molecular complexity index is 1400. The monoisotopic (exact) mass is 583 g/mol. The fourth-order valence-electron chi connectivity index (χ4n) is 3.61. The maximum Gasteiger partial charge on any atom is 0.419 e. The van der Waals surface area contributed by atoms with Gasteiger partial charge in [-0.05, 0) is 35.9 Å². The molecule has 15 heteroatoms. The lowest BCUT2D eigenvalue weighted by atomic mass is 9.93. The molecule has 0 radical (unpaired) electrons. The first kappa shape index (κ1) is 30.5. The number of nitrogens with zero attached hydrogens (tertiary/aromatic N) is 3. The van der Waals surface area contributed by atoms with Crippen molar-refractivity contribution in [3.63, 3.8) is 0 Å². The van der Waals surface area contributed by atoms with Gasteiger partial charge < -0.3 is 4.90 Å². The van der Waals surface area contributed by atoms with Crippen LogP contribution in [0, 0.1) is 5.82 Å². The van der Waals surface area contributed by atoms with Gasteiger partial charge in [0.2, 0.25) is 5.95 Å². The van der Waals surface area contributed by atoms with E-state index >= 15 is 0 Å². The number of anilines is 1. The molecule has 0 N–H and O–H groups in total. The molecule has 0 spiro atoms. The highest BCUT2D eigenvalue weighted by atomic mass is 19.4. The Balaban J connectivity index is 2.02. The van der Waals surface area contributed by atoms with Gasteiger partial charge in [-0.25, -0.2) is 18.7 Å². The molecule has 3 aromatic rings. The quantitative estimate of drug-likeness (QED) is 0.212. The van der Waals surface area contributed by atoms with Gasteiger partial charge in [0.1, 0.15) is 17.6 Å². The van der Waals surface area contributed by atoms with Crippen LogP contribution in [0.5, 0.6) is 0 Å². The summed E-state index contributed by atoms with van der Waals surface area (Å²) in [6.45, 7) is -0.646. The van der Waals surface area contributed by atoms with Gasteiger partial charge in [0.25, 0.3) is 0 Å². The number of likely N-dealkylation sites (N-methyl/N-ethyl adjacent to an activating group) is 1. The van der Waals surface area contributed by atoms with Gasteiger partial charge in [-0.3, -0.25) is 4.79 Å². The molecule has 0 fully saturated rings. The van der Waals surface area contributed by atoms with E-state index in [1.807, 2.05) is 0 Å². The molecule has 4 nitrogen and oxygen atoms in total. The smallest absolute Gasteiger partial charge is 0.336 e. The zero-order valence-electron chi connectivity index (χ0n) is 20.0. The molecule has 0 saturated heterocycles. The summed E-state index contributed by atoms with van der Waals surface area (Å²) in [7, 11) is 1.31. The minimum Gasteiger partial charge on any atom is -0.336 e. The number of ketones is 1.